The van der Waals surface area contributed by atoms with Crippen LogP contribution >= 0.6 is 0 Å². The summed E-state index contributed by atoms with van der Waals surface area (Å²) in [5.74, 6) is 0. The van der Waals surface area contributed by atoms with Crippen LogP contribution in [0.1, 0.15) is 19.3 Å². The summed E-state index contributed by atoms with van der Waals surface area (Å²) in [6.07, 6.45) is 3.06. The standard InChI is InChI=1S/C8H15NO4S2/c1-14(10,11)8-4-5-9(6-8)15(12,13)7-2-3-7/h7-8H,2-6H2,1H3/t8-/m0/s1. The van der Waals surface area contributed by atoms with E-state index in [9.17, 15) is 16.8 Å². The van der Waals surface area contributed by atoms with Crippen molar-refractivity contribution < 1.29 is 16.8 Å². The van der Waals surface area contributed by atoms with Crippen LogP contribution < -0.4 is 0 Å². The van der Waals surface area contributed by atoms with E-state index < -0.39 is 25.1 Å². The van der Waals surface area contributed by atoms with Gasteiger partial charge in [0.05, 0.1) is 10.5 Å². The molecule has 2 fully saturated rings. The fourth-order valence-electron chi connectivity index (χ4n) is 1.86. The van der Waals surface area contributed by atoms with Gasteiger partial charge in [-0.3, -0.25) is 0 Å². The van der Waals surface area contributed by atoms with E-state index in [-0.39, 0.29) is 11.8 Å². The van der Waals surface area contributed by atoms with Gasteiger partial charge in [0.25, 0.3) is 0 Å². The highest BCUT2D eigenvalue weighted by molar-refractivity contribution is 7.91. The average molecular weight is 253 g/mol. The van der Waals surface area contributed by atoms with E-state index in [1.165, 1.54) is 10.6 Å². The Bertz CT molecular complexity index is 449. The SMILES string of the molecule is CS(=O)(=O)[C@H]1CCN(S(=O)(=O)C2CC2)C1. The summed E-state index contributed by atoms with van der Waals surface area (Å²) >= 11 is 0. The third-order valence-corrected chi connectivity index (χ3v) is 6.98. The molecule has 0 bridgehead atoms. The van der Waals surface area contributed by atoms with E-state index >= 15 is 0 Å². The van der Waals surface area contributed by atoms with Crippen LogP contribution in [0, 0.1) is 0 Å². The number of rotatable bonds is 3. The van der Waals surface area contributed by atoms with Crippen molar-refractivity contribution in [2.45, 2.75) is 29.8 Å². The van der Waals surface area contributed by atoms with Crippen LogP contribution in [0.3, 0.4) is 0 Å². The molecule has 2 aliphatic rings. The second-order valence-corrected chi connectivity index (χ2v) is 8.88. The summed E-state index contributed by atoms with van der Waals surface area (Å²) < 4.78 is 47.5. The molecule has 0 aromatic heterocycles. The fourth-order valence-corrected chi connectivity index (χ4v) is 4.83. The maximum atomic E-state index is 11.8. The van der Waals surface area contributed by atoms with Crippen molar-refractivity contribution in [2.75, 3.05) is 19.3 Å². The molecule has 1 aliphatic carbocycles. The minimum atomic E-state index is -3.19. The summed E-state index contributed by atoms with van der Waals surface area (Å²) in [7, 11) is -6.30. The Balaban J connectivity index is 2.11. The molecule has 0 N–H and O–H groups in total. The first-order valence-electron chi connectivity index (χ1n) is 4.99. The van der Waals surface area contributed by atoms with Gasteiger partial charge in [0.2, 0.25) is 10.0 Å². The molecule has 1 saturated carbocycles. The van der Waals surface area contributed by atoms with Crippen LogP contribution in [-0.4, -0.2) is 51.0 Å². The molecule has 1 saturated heterocycles. The lowest BCUT2D eigenvalue weighted by Crippen LogP contribution is -2.33. The number of nitrogens with zero attached hydrogens (tertiary/aromatic N) is 1. The highest BCUT2D eigenvalue weighted by Crippen LogP contribution is 2.33. The van der Waals surface area contributed by atoms with Gasteiger partial charge >= 0.3 is 0 Å². The third-order valence-electron chi connectivity index (χ3n) is 3.02. The van der Waals surface area contributed by atoms with Gasteiger partial charge in [-0.2, -0.15) is 0 Å². The van der Waals surface area contributed by atoms with Crippen molar-refractivity contribution >= 4 is 19.9 Å². The first-order chi connectivity index (χ1) is 6.82. The number of sulfonamides is 1. The summed E-state index contributed by atoms with van der Waals surface area (Å²) in [5.41, 5.74) is 0. The maximum Gasteiger partial charge on any atom is 0.217 e. The monoisotopic (exact) mass is 253 g/mol. The van der Waals surface area contributed by atoms with Gasteiger partial charge in [-0.05, 0) is 19.3 Å². The minimum Gasteiger partial charge on any atom is -0.229 e. The first kappa shape index (κ1) is 11.3. The molecule has 1 atom stereocenters. The zero-order chi connectivity index (χ0) is 11.3. The summed E-state index contributed by atoms with van der Waals surface area (Å²) in [5, 5.41) is -0.748. The lowest BCUT2D eigenvalue weighted by molar-refractivity contribution is 0.475. The topological polar surface area (TPSA) is 71.5 Å². The van der Waals surface area contributed by atoms with Gasteiger partial charge in [0.15, 0.2) is 9.84 Å². The van der Waals surface area contributed by atoms with Crippen molar-refractivity contribution in [3.63, 3.8) is 0 Å². The summed E-state index contributed by atoms with van der Waals surface area (Å²) in [4.78, 5) is 0. The highest BCUT2D eigenvalue weighted by atomic mass is 32.2. The minimum absolute atomic E-state index is 0.150. The van der Waals surface area contributed by atoms with Crippen LogP contribution in [0.2, 0.25) is 0 Å². The molecule has 5 nitrogen and oxygen atoms in total. The van der Waals surface area contributed by atoms with Gasteiger partial charge in [0.1, 0.15) is 0 Å². The Hall–Kier alpha value is -0.140. The van der Waals surface area contributed by atoms with Crippen LogP contribution in [0.15, 0.2) is 0 Å². The molecule has 0 radical (unpaired) electrons. The van der Waals surface area contributed by atoms with Gasteiger partial charge < -0.3 is 0 Å². The van der Waals surface area contributed by atoms with Crippen molar-refractivity contribution in [1.82, 2.24) is 4.31 Å². The predicted molar refractivity (Wildman–Crippen MR) is 56.8 cm³/mol. The number of sulfone groups is 1. The van der Waals surface area contributed by atoms with E-state index in [1.54, 1.807) is 0 Å². The molecule has 1 aliphatic heterocycles. The second-order valence-electron chi connectivity index (χ2n) is 4.34. The van der Waals surface area contributed by atoms with E-state index in [0.717, 1.165) is 12.8 Å². The lowest BCUT2D eigenvalue weighted by atomic mass is 10.4. The van der Waals surface area contributed by atoms with E-state index in [1.807, 2.05) is 0 Å². The molecule has 7 heteroatoms. The van der Waals surface area contributed by atoms with Crippen LogP contribution in [0.5, 0.6) is 0 Å². The van der Waals surface area contributed by atoms with Crippen molar-refractivity contribution in [3.8, 4) is 0 Å². The molecule has 0 aromatic carbocycles. The fraction of sp³-hybridized carbons (Fsp3) is 1.00. The lowest BCUT2D eigenvalue weighted by Gasteiger charge is -2.15. The van der Waals surface area contributed by atoms with E-state index in [0.29, 0.717) is 13.0 Å². The quantitative estimate of drug-likeness (QED) is 0.686. The molecule has 88 valence electrons. The third kappa shape index (κ3) is 2.19. The van der Waals surface area contributed by atoms with Crippen molar-refractivity contribution in [2.24, 2.45) is 0 Å². The second kappa shape index (κ2) is 3.43. The molecule has 0 unspecified atom stereocenters. The Labute approximate surface area is 90.4 Å². The number of hydrogen-bond acceptors (Lipinski definition) is 4. The smallest absolute Gasteiger partial charge is 0.217 e. The van der Waals surface area contributed by atoms with E-state index in [2.05, 4.69) is 0 Å². The molecular weight excluding hydrogens is 238 g/mol. The average Bonchev–Trinajstić information content (AvgIpc) is 2.80. The van der Waals surface area contributed by atoms with Crippen LogP contribution in [-0.2, 0) is 19.9 Å². The van der Waals surface area contributed by atoms with Crippen LogP contribution in [0.4, 0.5) is 0 Å². The molecule has 0 amide bonds. The zero-order valence-corrected chi connectivity index (χ0v) is 10.2. The molecule has 0 spiro atoms. The van der Waals surface area contributed by atoms with Gasteiger partial charge in [-0.15, -0.1) is 0 Å². The maximum absolute atomic E-state index is 11.8. The zero-order valence-electron chi connectivity index (χ0n) is 8.59. The normalized spacial score (nSPS) is 29.5. The summed E-state index contributed by atoms with van der Waals surface area (Å²) in [6.45, 7) is 0.508. The Kier molecular flexibility index (Phi) is 2.59. The van der Waals surface area contributed by atoms with Gasteiger partial charge in [-0.1, -0.05) is 0 Å². The molecular formula is C8H15NO4S2. The Morgan fingerprint density at radius 1 is 1.00 bits per heavy atom. The number of hydrogen-bond donors (Lipinski definition) is 0. The summed E-state index contributed by atoms with van der Waals surface area (Å²) in [6, 6.07) is 0. The molecule has 1 heterocycles. The molecule has 0 aromatic rings. The van der Waals surface area contributed by atoms with Crippen LogP contribution in [0.25, 0.3) is 0 Å². The Morgan fingerprint density at radius 3 is 2.00 bits per heavy atom. The largest absolute Gasteiger partial charge is 0.229 e. The van der Waals surface area contributed by atoms with Crippen molar-refractivity contribution in [1.29, 1.82) is 0 Å². The first-order valence-corrected chi connectivity index (χ1v) is 8.45. The predicted octanol–water partition coefficient (Wildman–Crippen LogP) is -0.402. The Morgan fingerprint density at radius 2 is 1.60 bits per heavy atom. The highest BCUT2D eigenvalue weighted by Gasteiger charge is 2.44. The molecule has 15 heavy (non-hydrogen) atoms. The van der Waals surface area contributed by atoms with E-state index in [4.69, 9.17) is 0 Å². The van der Waals surface area contributed by atoms with Crippen molar-refractivity contribution in [3.05, 3.63) is 0 Å². The van der Waals surface area contributed by atoms with Gasteiger partial charge in [-0.25, -0.2) is 21.1 Å². The van der Waals surface area contributed by atoms with Gasteiger partial charge in [0, 0.05) is 19.3 Å². The molecule has 2 rings (SSSR count).